The number of nitrogens with zero attached hydrogens (tertiary/aromatic N) is 1. The van der Waals surface area contributed by atoms with E-state index >= 15 is 0 Å². The van der Waals surface area contributed by atoms with Crippen molar-refractivity contribution < 1.29 is 14.4 Å². The Morgan fingerprint density at radius 1 is 0.964 bits per heavy atom. The first-order valence-electron chi connectivity index (χ1n) is 8.93. The van der Waals surface area contributed by atoms with E-state index in [1.807, 2.05) is 24.4 Å². The number of imide groups is 1. The largest absolute Gasteiger partial charge is 0.345 e. The summed E-state index contributed by atoms with van der Waals surface area (Å²) in [6.07, 6.45) is 0. The minimum Gasteiger partial charge on any atom is -0.345 e. The van der Waals surface area contributed by atoms with Crippen LogP contribution in [0, 0.1) is 0 Å². The zero-order valence-electron chi connectivity index (χ0n) is 15.2. The summed E-state index contributed by atoms with van der Waals surface area (Å²) in [5.74, 6) is -0.729. The van der Waals surface area contributed by atoms with Gasteiger partial charge >= 0.3 is 0 Å². The van der Waals surface area contributed by atoms with Gasteiger partial charge in [0.1, 0.15) is 0 Å². The maximum Gasteiger partial charge on any atom is 0.261 e. The molecule has 3 amide bonds. The second kappa shape index (κ2) is 7.40. The third kappa shape index (κ3) is 3.34. The normalized spacial score (nSPS) is 14.1. The van der Waals surface area contributed by atoms with Crippen molar-refractivity contribution in [3.63, 3.8) is 0 Å². The van der Waals surface area contributed by atoms with Crippen LogP contribution in [0.4, 0.5) is 0 Å². The van der Waals surface area contributed by atoms with Crippen molar-refractivity contribution in [1.82, 2.24) is 10.2 Å². The molecule has 0 bridgehead atoms. The van der Waals surface area contributed by atoms with Crippen LogP contribution in [0.1, 0.15) is 54.5 Å². The molecule has 1 aliphatic rings. The van der Waals surface area contributed by atoms with Crippen molar-refractivity contribution in [2.75, 3.05) is 0 Å². The summed E-state index contributed by atoms with van der Waals surface area (Å²) in [6, 6.07) is 17.7. The van der Waals surface area contributed by atoms with E-state index in [0.29, 0.717) is 16.7 Å². The fraction of sp³-hybridized carbons (Fsp3) is 0.136. The number of carbonyl (C=O) groups is 3. The first kappa shape index (κ1) is 18.1. The fourth-order valence-electron chi connectivity index (χ4n) is 3.22. The van der Waals surface area contributed by atoms with Crippen molar-refractivity contribution >= 4 is 29.1 Å². The highest BCUT2D eigenvalue weighted by atomic mass is 32.1. The zero-order chi connectivity index (χ0) is 19.7. The Kier molecular flexibility index (Phi) is 4.79. The first-order valence-corrected chi connectivity index (χ1v) is 9.81. The summed E-state index contributed by atoms with van der Waals surface area (Å²) in [4.78, 5) is 39.7. The SMILES string of the molecule is CC(NC(=O)c1ccc(CN2C(=O)c3ccccc3C2=O)cc1)c1cccs1. The lowest BCUT2D eigenvalue weighted by atomic mass is 10.1. The molecule has 0 aliphatic carbocycles. The highest BCUT2D eigenvalue weighted by Crippen LogP contribution is 2.24. The Bertz CT molecular complexity index is 1010. The van der Waals surface area contributed by atoms with Gasteiger partial charge in [0.05, 0.1) is 23.7 Å². The molecule has 1 aliphatic heterocycles. The van der Waals surface area contributed by atoms with Crippen LogP contribution in [0.15, 0.2) is 66.0 Å². The number of fused-ring (bicyclic) bond motifs is 1. The molecule has 4 rings (SSSR count). The molecule has 0 fully saturated rings. The Hall–Kier alpha value is -3.25. The van der Waals surface area contributed by atoms with E-state index in [-0.39, 0.29) is 30.3 Å². The molecule has 28 heavy (non-hydrogen) atoms. The molecule has 1 N–H and O–H groups in total. The lowest BCUT2D eigenvalue weighted by Gasteiger charge is -2.15. The Labute approximate surface area is 166 Å². The minimum atomic E-state index is -0.285. The highest BCUT2D eigenvalue weighted by molar-refractivity contribution is 7.10. The van der Waals surface area contributed by atoms with Gasteiger partial charge in [-0.3, -0.25) is 19.3 Å². The van der Waals surface area contributed by atoms with Crippen LogP contribution in [-0.2, 0) is 6.54 Å². The number of benzene rings is 2. The molecule has 0 saturated carbocycles. The van der Waals surface area contributed by atoms with Crippen molar-refractivity contribution in [2.45, 2.75) is 19.5 Å². The van der Waals surface area contributed by atoms with E-state index in [1.165, 1.54) is 4.90 Å². The summed E-state index contributed by atoms with van der Waals surface area (Å²) in [5, 5.41) is 4.95. The first-order chi connectivity index (χ1) is 13.5. The monoisotopic (exact) mass is 390 g/mol. The molecule has 5 nitrogen and oxygen atoms in total. The van der Waals surface area contributed by atoms with E-state index in [0.717, 1.165) is 10.4 Å². The van der Waals surface area contributed by atoms with Crippen LogP contribution in [0.5, 0.6) is 0 Å². The standard InChI is InChI=1S/C22H18N2O3S/c1-14(19-7-4-12-28-19)23-20(25)16-10-8-15(9-11-16)13-24-21(26)17-5-2-3-6-18(17)22(24)27/h2-12,14H,13H2,1H3,(H,23,25). The van der Waals surface area contributed by atoms with Gasteiger partial charge in [0, 0.05) is 10.4 Å². The van der Waals surface area contributed by atoms with Gasteiger partial charge in [-0.25, -0.2) is 0 Å². The van der Waals surface area contributed by atoms with Crippen LogP contribution < -0.4 is 5.32 Å². The molecule has 0 spiro atoms. The summed E-state index contributed by atoms with van der Waals surface area (Å²) in [5.41, 5.74) is 2.20. The smallest absolute Gasteiger partial charge is 0.261 e. The Morgan fingerprint density at radius 3 is 2.18 bits per heavy atom. The van der Waals surface area contributed by atoms with Gasteiger partial charge in [0.15, 0.2) is 0 Å². The van der Waals surface area contributed by atoms with Crippen LogP contribution in [-0.4, -0.2) is 22.6 Å². The van der Waals surface area contributed by atoms with Crippen molar-refractivity contribution in [3.8, 4) is 0 Å². The predicted octanol–water partition coefficient (Wildman–Crippen LogP) is 4.04. The van der Waals surface area contributed by atoms with Gasteiger partial charge in [-0.1, -0.05) is 30.3 Å². The molecule has 1 atom stereocenters. The predicted molar refractivity (Wildman–Crippen MR) is 107 cm³/mol. The maximum atomic E-state index is 12.5. The van der Waals surface area contributed by atoms with Crippen LogP contribution in [0.25, 0.3) is 0 Å². The molecule has 140 valence electrons. The average molecular weight is 390 g/mol. The zero-order valence-corrected chi connectivity index (χ0v) is 16.0. The molecule has 0 saturated heterocycles. The number of hydrogen-bond acceptors (Lipinski definition) is 4. The lowest BCUT2D eigenvalue weighted by molar-refractivity contribution is 0.0641. The lowest BCUT2D eigenvalue weighted by Crippen LogP contribution is -2.29. The summed E-state index contributed by atoms with van der Waals surface area (Å²) < 4.78 is 0. The third-order valence-corrected chi connectivity index (χ3v) is 5.81. The number of rotatable bonds is 5. The molecule has 1 aromatic heterocycles. The van der Waals surface area contributed by atoms with E-state index in [2.05, 4.69) is 5.32 Å². The molecule has 2 aromatic carbocycles. The van der Waals surface area contributed by atoms with Gasteiger partial charge in [-0.15, -0.1) is 11.3 Å². The second-order valence-electron chi connectivity index (χ2n) is 6.65. The van der Waals surface area contributed by atoms with Gasteiger partial charge in [-0.2, -0.15) is 0 Å². The van der Waals surface area contributed by atoms with Crippen molar-refractivity contribution in [2.24, 2.45) is 0 Å². The Morgan fingerprint density at radius 2 is 1.61 bits per heavy atom. The topological polar surface area (TPSA) is 66.5 Å². The maximum absolute atomic E-state index is 12.5. The van der Waals surface area contributed by atoms with Crippen LogP contribution >= 0.6 is 11.3 Å². The van der Waals surface area contributed by atoms with E-state index in [1.54, 1.807) is 59.9 Å². The van der Waals surface area contributed by atoms with Crippen LogP contribution in [0.3, 0.4) is 0 Å². The molecular formula is C22H18N2O3S. The average Bonchev–Trinajstić information content (AvgIpc) is 3.33. The highest BCUT2D eigenvalue weighted by Gasteiger charge is 2.34. The second-order valence-corrected chi connectivity index (χ2v) is 7.63. The van der Waals surface area contributed by atoms with Crippen molar-refractivity contribution in [3.05, 3.63) is 93.2 Å². The van der Waals surface area contributed by atoms with E-state index in [4.69, 9.17) is 0 Å². The van der Waals surface area contributed by atoms with E-state index < -0.39 is 0 Å². The molecule has 6 heteroatoms. The van der Waals surface area contributed by atoms with Gasteiger partial charge in [0.25, 0.3) is 17.7 Å². The summed E-state index contributed by atoms with van der Waals surface area (Å²) >= 11 is 1.60. The number of amides is 3. The van der Waals surface area contributed by atoms with E-state index in [9.17, 15) is 14.4 Å². The molecule has 0 radical (unpaired) electrons. The van der Waals surface area contributed by atoms with Crippen LogP contribution in [0.2, 0.25) is 0 Å². The summed E-state index contributed by atoms with van der Waals surface area (Å²) in [7, 11) is 0. The van der Waals surface area contributed by atoms with Gasteiger partial charge in [0.2, 0.25) is 0 Å². The molecule has 3 aromatic rings. The number of thiophene rings is 1. The number of hydrogen-bond donors (Lipinski definition) is 1. The Balaban J connectivity index is 1.43. The molecule has 1 unspecified atom stereocenters. The van der Waals surface area contributed by atoms with Gasteiger partial charge < -0.3 is 5.32 Å². The minimum absolute atomic E-state index is 0.0643. The molecular weight excluding hydrogens is 372 g/mol. The van der Waals surface area contributed by atoms with Gasteiger partial charge in [-0.05, 0) is 48.2 Å². The van der Waals surface area contributed by atoms with Crippen molar-refractivity contribution in [1.29, 1.82) is 0 Å². The number of nitrogens with one attached hydrogen (secondary N) is 1. The summed E-state index contributed by atoms with van der Waals surface area (Å²) in [6.45, 7) is 2.13. The number of carbonyl (C=O) groups excluding carboxylic acids is 3. The fourth-order valence-corrected chi connectivity index (χ4v) is 3.95. The third-order valence-electron chi connectivity index (χ3n) is 4.75. The molecule has 2 heterocycles. The quantitative estimate of drug-likeness (QED) is 0.669.